The summed E-state index contributed by atoms with van der Waals surface area (Å²) in [6.45, 7) is 3.45. The molecule has 4 heterocycles. The summed E-state index contributed by atoms with van der Waals surface area (Å²) in [6.07, 6.45) is 2.82. The number of hydrogen-bond acceptors (Lipinski definition) is 4. The number of para-hydroxylation sites is 1. The van der Waals surface area contributed by atoms with E-state index in [4.69, 9.17) is 5.73 Å². The summed E-state index contributed by atoms with van der Waals surface area (Å²) in [5.41, 5.74) is 14.2. The number of benzene rings is 1. The normalized spacial score (nSPS) is 37.0. The number of carbonyl (C=O) groups is 1. The lowest BCUT2D eigenvalue weighted by atomic mass is 9.65. The molecule has 2 atom stereocenters. The highest BCUT2D eigenvalue weighted by molar-refractivity contribution is 5.77. The Morgan fingerprint density at radius 2 is 2.10 bits per heavy atom. The van der Waals surface area contributed by atoms with Crippen molar-refractivity contribution < 1.29 is 4.79 Å². The monoisotopic (exact) mass is 286 g/mol. The lowest BCUT2D eigenvalue weighted by Crippen LogP contribution is -2.60. The van der Waals surface area contributed by atoms with Crippen LogP contribution in [0.3, 0.4) is 0 Å². The van der Waals surface area contributed by atoms with Gasteiger partial charge in [0.2, 0.25) is 5.91 Å². The fraction of sp³-hybridized carbons (Fsp3) is 0.562. The molecule has 5 rings (SSSR count). The van der Waals surface area contributed by atoms with Gasteiger partial charge in [-0.2, -0.15) is 0 Å². The van der Waals surface area contributed by atoms with Gasteiger partial charge < -0.3 is 16.1 Å². The van der Waals surface area contributed by atoms with Crippen LogP contribution in [0.25, 0.3) is 0 Å². The summed E-state index contributed by atoms with van der Waals surface area (Å²) in [4.78, 5) is 14.3. The zero-order chi connectivity index (χ0) is 14.4. The molecule has 0 aliphatic carbocycles. The van der Waals surface area contributed by atoms with Gasteiger partial charge in [-0.3, -0.25) is 4.79 Å². The van der Waals surface area contributed by atoms with Crippen molar-refractivity contribution in [1.82, 2.24) is 10.3 Å². The maximum atomic E-state index is 11.8. The Bertz CT molecular complexity index is 567. The molecule has 1 aromatic carbocycles. The molecule has 1 unspecified atom stereocenters. The van der Waals surface area contributed by atoms with Gasteiger partial charge in [0.15, 0.2) is 0 Å². The minimum absolute atomic E-state index is 0.238. The van der Waals surface area contributed by atoms with Gasteiger partial charge in [0.05, 0.1) is 17.6 Å². The fourth-order valence-electron chi connectivity index (χ4n) is 4.59. The third-order valence-corrected chi connectivity index (χ3v) is 5.57. The van der Waals surface area contributed by atoms with Gasteiger partial charge in [0.1, 0.15) is 0 Å². The van der Waals surface area contributed by atoms with Crippen LogP contribution in [-0.4, -0.2) is 30.4 Å². The van der Waals surface area contributed by atoms with Gasteiger partial charge >= 0.3 is 0 Å². The summed E-state index contributed by atoms with van der Waals surface area (Å²) in [5.74, 6) is 0.871. The number of fused-ring (bicyclic) bond motifs is 4. The number of rotatable bonds is 3. The van der Waals surface area contributed by atoms with Gasteiger partial charge in [0, 0.05) is 6.54 Å². The van der Waals surface area contributed by atoms with Crippen LogP contribution in [0.4, 0.5) is 5.69 Å². The average molecular weight is 286 g/mol. The smallest absolute Gasteiger partial charge is 0.219 e. The number of piperidine rings is 3. The molecule has 5 heteroatoms. The minimum atomic E-state index is -0.355. The van der Waals surface area contributed by atoms with Crippen LogP contribution in [0.5, 0.6) is 0 Å². The van der Waals surface area contributed by atoms with Crippen LogP contribution < -0.4 is 16.6 Å². The van der Waals surface area contributed by atoms with Crippen molar-refractivity contribution in [3.05, 3.63) is 29.8 Å². The molecule has 4 aliphatic heterocycles. The molecule has 112 valence electrons. The van der Waals surface area contributed by atoms with Gasteiger partial charge in [-0.1, -0.05) is 18.2 Å². The number of amides is 1. The predicted molar refractivity (Wildman–Crippen MR) is 81.3 cm³/mol. The summed E-state index contributed by atoms with van der Waals surface area (Å²) in [6, 6.07) is 8.25. The first-order valence-electron chi connectivity index (χ1n) is 7.82. The van der Waals surface area contributed by atoms with Gasteiger partial charge in [-0.25, -0.2) is 5.43 Å². The van der Waals surface area contributed by atoms with Crippen molar-refractivity contribution in [3.63, 3.8) is 0 Å². The second-order valence-electron chi connectivity index (χ2n) is 6.65. The third kappa shape index (κ3) is 1.95. The van der Waals surface area contributed by atoms with Crippen molar-refractivity contribution in [2.24, 2.45) is 17.6 Å². The van der Waals surface area contributed by atoms with E-state index in [9.17, 15) is 4.79 Å². The molecular weight excluding hydrogens is 264 g/mol. The minimum Gasteiger partial charge on any atom is -0.370 e. The van der Waals surface area contributed by atoms with Crippen LogP contribution in [0.15, 0.2) is 24.3 Å². The summed E-state index contributed by atoms with van der Waals surface area (Å²) in [5, 5.41) is 0. The Morgan fingerprint density at radius 1 is 1.33 bits per heavy atom. The molecule has 3 fully saturated rings. The number of primary amides is 1. The highest BCUT2D eigenvalue weighted by Crippen LogP contribution is 2.49. The molecule has 0 saturated carbocycles. The quantitative estimate of drug-likeness (QED) is 0.776. The lowest BCUT2D eigenvalue weighted by molar-refractivity contribution is -0.121. The van der Waals surface area contributed by atoms with E-state index in [-0.39, 0.29) is 11.4 Å². The van der Waals surface area contributed by atoms with E-state index in [1.807, 2.05) is 12.1 Å². The van der Waals surface area contributed by atoms with Crippen LogP contribution in [-0.2, 0) is 10.3 Å². The van der Waals surface area contributed by atoms with E-state index in [0.717, 1.165) is 12.2 Å². The summed E-state index contributed by atoms with van der Waals surface area (Å²) in [7, 11) is 0. The Hall–Kier alpha value is -1.59. The molecule has 4 aliphatic rings. The van der Waals surface area contributed by atoms with Crippen molar-refractivity contribution in [1.29, 1.82) is 0 Å². The molecule has 3 saturated heterocycles. The topological polar surface area (TPSA) is 70.4 Å². The predicted octanol–water partition coefficient (Wildman–Crippen LogP) is 1.03. The Labute approximate surface area is 124 Å². The molecular formula is C16H22N4O. The standard InChI is InChI=1S/C16H22N4O/c17-15(21)9-16(12-3-1-2-4-14(12)18-19-16)13-10-20-7-5-11(13)6-8-20/h1-4,11,13,18-19H,5-10H2,(H2,17,21)/t13-,16?/m0/s1. The van der Waals surface area contributed by atoms with Crippen molar-refractivity contribution in [2.75, 3.05) is 25.1 Å². The first kappa shape index (κ1) is 13.1. The van der Waals surface area contributed by atoms with E-state index in [2.05, 4.69) is 27.9 Å². The lowest BCUT2D eigenvalue weighted by Gasteiger charge is -2.51. The fourth-order valence-corrected chi connectivity index (χ4v) is 4.59. The first-order valence-corrected chi connectivity index (χ1v) is 7.82. The number of anilines is 1. The second-order valence-corrected chi connectivity index (χ2v) is 6.65. The molecule has 1 aromatic rings. The summed E-state index contributed by atoms with van der Waals surface area (Å²) < 4.78 is 0. The zero-order valence-corrected chi connectivity index (χ0v) is 12.1. The van der Waals surface area contributed by atoms with E-state index in [1.165, 1.54) is 31.5 Å². The van der Waals surface area contributed by atoms with Crippen molar-refractivity contribution >= 4 is 11.6 Å². The number of hydrogen-bond donors (Lipinski definition) is 3. The van der Waals surface area contributed by atoms with Gasteiger partial charge in [-0.15, -0.1) is 0 Å². The number of nitrogens with two attached hydrogens (primary N) is 1. The van der Waals surface area contributed by atoms with Crippen LogP contribution >= 0.6 is 0 Å². The Kier molecular flexibility index (Phi) is 2.94. The third-order valence-electron chi connectivity index (χ3n) is 5.57. The first-order chi connectivity index (χ1) is 10.2. The van der Waals surface area contributed by atoms with Crippen LogP contribution in [0.1, 0.15) is 24.8 Å². The molecule has 1 amide bonds. The maximum absolute atomic E-state index is 11.8. The van der Waals surface area contributed by atoms with Crippen molar-refractivity contribution in [2.45, 2.75) is 24.8 Å². The molecule has 0 radical (unpaired) electrons. The number of hydrazine groups is 1. The molecule has 2 bridgehead atoms. The van der Waals surface area contributed by atoms with E-state index >= 15 is 0 Å². The number of nitrogens with one attached hydrogen (secondary N) is 2. The maximum Gasteiger partial charge on any atom is 0.219 e. The number of nitrogens with zero attached hydrogens (tertiary/aromatic N) is 1. The Morgan fingerprint density at radius 3 is 2.76 bits per heavy atom. The van der Waals surface area contributed by atoms with Crippen LogP contribution in [0.2, 0.25) is 0 Å². The molecule has 0 spiro atoms. The largest absolute Gasteiger partial charge is 0.370 e. The molecule has 5 nitrogen and oxygen atoms in total. The van der Waals surface area contributed by atoms with E-state index in [1.54, 1.807) is 0 Å². The molecule has 0 aromatic heterocycles. The highest BCUT2D eigenvalue weighted by atomic mass is 16.1. The van der Waals surface area contributed by atoms with Gasteiger partial charge in [0.25, 0.3) is 0 Å². The SMILES string of the molecule is NC(=O)CC1([C@H]2CN3CCC2CC3)NNc2ccccc21. The zero-order valence-electron chi connectivity index (χ0n) is 12.1. The van der Waals surface area contributed by atoms with Gasteiger partial charge in [-0.05, 0) is 49.4 Å². The van der Waals surface area contributed by atoms with Crippen LogP contribution in [0, 0.1) is 11.8 Å². The Balaban J connectivity index is 1.77. The molecule has 21 heavy (non-hydrogen) atoms. The van der Waals surface area contributed by atoms with E-state index < -0.39 is 0 Å². The number of carbonyl (C=O) groups excluding carboxylic acids is 1. The highest BCUT2D eigenvalue weighted by Gasteiger charge is 2.52. The second kappa shape index (κ2) is 4.71. The van der Waals surface area contributed by atoms with E-state index in [0.29, 0.717) is 18.3 Å². The van der Waals surface area contributed by atoms with Crippen molar-refractivity contribution in [3.8, 4) is 0 Å². The summed E-state index contributed by atoms with van der Waals surface area (Å²) >= 11 is 0. The molecule has 4 N–H and O–H groups in total. The average Bonchev–Trinajstić information content (AvgIpc) is 2.88.